The van der Waals surface area contributed by atoms with Gasteiger partial charge in [-0.3, -0.25) is 0 Å². The fourth-order valence-electron chi connectivity index (χ4n) is 20.2. The molecule has 2 aromatic heterocycles. The number of hydrogen-bond donors (Lipinski definition) is 0. The van der Waals surface area contributed by atoms with E-state index in [1.807, 2.05) is 84.9 Å². The summed E-state index contributed by atoms with van der Waals surface area (Å²) in [6, 6.07) is 144. The Balaban J connectivity index is 0.885. The van der Waals surface area contributed by atoms with Gasteiger partial charge in [-0.25, -0.2) is 0 Å². The van der Waals surface area contributed by atoms with Gasteiger partial charge in [0.15, 0.2) is 0 Å². The zero-order valence-electron chi connectivity index (χ0n) is 81.0. The third-order valence-corrected chi connectivity index (χ3v) is 26.9. The molecule has 4 nitrogen and oxygen atoms in total. The first kappa shape index (κ1) is 73.5. The van der Waals surface area contributed by atoms with Gasteiger partial charge in [0.25, 0.3) is 6.71 Å². The van der Waals surface area contributed by atoms with Crippen molar-refractivity contribution in [3.63, 3.8) is 0 Å². The second-order valence-electron chi connectivity index (χ2n) is 38.3. The van der Waals surface area contributed by atoms with Crippen molar-refractivity contribution in [3.8, 4) is 123 Å². The van der Waals surface area contributed by atoms with Crippen molar-refractivity contribution in [3.05, 3.63) is 453 Å². The van der Waals surface area contributed by atoms with Crippen LogP contribution in [0.2, 0.25) is 0 Å². The second kappa shape index (κ2) is 31.7. The van der Waals surface area contributed by atoms with Gasteiger partial charge in [0.2, 0.25) is 0 Å². The summed E-state index contributed by atoms with van der Waals surface area (Å²) in [5.41, 5.74) is 34.1. The molecule has 23 rings (SSSR count). The third kappa shape index (κ3) is 14.1. The molecule has 626 valence electrons. The smallest absolute Gasteiger partial charge is 0.252 e. The summed E-state index contributed by atoms with van der Waals surface area (Å²) in [7, 11) is 0. The zero-order valence-corrected chi connectivity index (χ0v) is 75.0. The van der Waals surface area contributed by atoms with Crippen LogP contribution in [0.15, 0.2) is 437 Å². The first-order valence-corrected chi connectivity index (χ1v) is 45.6. The van der Waals surface area contributed by atoms with Crippen molar-refractivity contribution in [1.82, 2.24) is 9.13 Å². The SMILES string of the molecule is [2H]c1c(-c2ccccc2)c([2H])c2c3ccccc3n(-c3ccc4c(c3)N(c3c(-c5ccccc5)cc(C(C)(C)C)cc3-c3cccc(-c5cccc(-c6ccccc6)c5)c3)c3cc(C(C)(C)C)cc5c3B4c3ccc(-n4c6ccccc6c6c([2H])c(-c7ccccc7)c([2H])c([2H])c64)cc3N5c3c(-c4ccccc4)cc(C(C)(C)C)cc3-c3cccc(-c4cccc(-c5ccccc5)c4)c3)c2c1[2H]. The van der Waals surface area contributed by atoms with E-state index in [0.29, 0.717) is 44.1 Å². The molecule has 0 atom stereocenters. The average molecular weight is 1690 g/mol. The maximum Gasteiger partial charge on any atom is 0.252 e. The molecule has 0 saturated carbocycles. The van der Waals surface area contributed by atoms with E-state index < -0.39 is 12.1 Å². The number of nitrogens with zero attached hydrogens (tertiary/aromatic N) is 4. The molecule has 4 heterocycles. The summed E-state index contributed by atoms with van der Waals surface area (Å²) < 4.78 is 66.5. The fraction of sp³-hybridized carbons (Fsp3) is 0.0952. The molecule has 0 fully saturated rings. The molecule has 0 radical (unpaired) electrons. The molecular weight excluding hydrogens is 1580 g/mol. The van der Waals surface area contributed by atoms with Crippen molar-refractivity contribution >= 4 is 101 Å². The first-order valence-electron chi connectivity index (χ1n) is 48.6. The highest BCUT2D eigenvalue weighted by Crippen LogP contribution is 2.57. The van der Waals surface area contributed by atoms with Crippen molar-refractivity contribution < 1.29 is 8.22 Å². The Bertz CT molecular complexity index is 7980. The van der Waals surface area contributed by atoms with Gasteiger partial charge in [-0.15, -0.1) is 0 Å². The molecule has 0 spiro atoms. The topological polar surface area (TPSA) is 16.3 Å². The van der Waals surface area contributed by atoms with Gasteiger partial charge in [-0.2, -0.15) is 0 Å². The third-order valence-electron chi connectivity index (χ3n) is 26.9. The van der Waals surface area contributed by atoms with Crippen LogP contribution >= 0.6 is 0 Å². The summed E-state index contributed by atoms with van der Waals surface area (Å²) in [5.74, 6) is 0. The predicted octanol–water partition coefficient (Wildman–Crippen LogP) is 32.5. The van der Waals surface area contributed by atoms with E-state index in [1.54, 1.807) is 0 Å². The second-order valence-corrected chi connectivity index (χ2v) is 38.3. The van der Waals surface area contributed by atoms with Crippen LogP contribution in [0, 0.1) is 0 Å². The molecule has 2 aliphatic heterocycles. The molecule has 5 heteroatoms. The van der Waals surface area contributed by atoms with E-state index in [2.05, 4.69) is 397 Å². The van der Waals surface area contributed by atoms with Crippen molar-refractivity contribution in [2.75, 3.05) is 9.80 Å². The normalized spacial score (nSPS) is 13.2. The molecule has 2 aliphatic rings. The number of fused-ring (bicyclic) bond motifs is 10. The zero-order chi connectivity index (χ0) is 93.8. The van der Waals surface area contributed by atoms with E-state index in [0.717, 1.165) is 189 Å². The Labute approximate surface area is 777 Å². The van der Waals surface area contributed by atoms with Crippen LogP contribution in [-0.4, -0.2) is 15.8 Å². The monoisotopic (exact) mass is 1680 g/mol. The summed E-state index contributed by atoms with van der Waals surface area (Å²) >= 11 is 0. The Morgan fingerprint density at radius 3 is 0.832 bits per heavy atom. The molecule has 0 aliphatic carbocycles. The van der Waals surface area contributed by atoms with E-state index in [-0.39, 0.29) is 47.1 Å². The van der Waals surface area contributed by atoms with Gasteiger partial charge in [0.05, 0.1) is 41.7 Å². The van der Waals surface area contributed by atoms with E-state index >= 15 is 0 Å². The molecule has 0 bridgehead atoms. The summed E-state index contributed by atoms with van der Waals surface area (Å²) in [6.07, 6.45) is 0. The standard InChI is InChI=1S/C126H99BN4/c1-124(2,3)98-74-105(86-44-24-14-25-45-86)122(107(76-98)96-54-34-52-92(70-96)90-50-32-48-88(68-90)82-36-16-10-17-37-82)130-117-80-101(128-113-58-30-28-56-103(113)109-72-94(60-66-115(109)128)84-40-20-12-21-41-84)62-64-111(117)127-112-65-63-102(129-114-59-31-29-57-104(114)110-73-95(61-67-116(110)129)85-42-22-13-23-43-85)81-118(112)131(120-79-100(126(7,8)9)78-119(130)121(120)127)123-106(87-46-26-15-27-47-87)75-99(125(4,5)6)77-108(123)97-55-35-53-93(71-97)91-51-33-49-89(69-91)83-38-18-11-19-39-83/h10-81H,1-9H3/i60D,61D,66D,67D,72D,73D. The lowest BCUT2D eigenvalue weighted by atomic mass is 9.33. The Morgan fingerprint density at radius 1 is 0.214 bits per heavy atom. The molecule has 0 amide bonds. The quantitative estimate of drug-likeness (QED) is 0.101. The lowest BCUT2D eigenvalue weighted by Gasteiger charge is -2.47. The first-order chi connectivity index (χ1) is 66.4. The Kier molecular flexibility index (Phi) is 17.8. The summed E-state index contributed by atoms with van der Waals surface area (Å²) in [6.45, 7) is 20.4. The molecule has 21 aromatic rings. The minimum absolute atomic E-state index is 0.0206. The van der Waals surface area contributed by atoms with Crippen LogP contribution in [0.4, 0.5) is 34.1 Å². The number of anilines is 6. The van der Waals surface area contributed by atoms with Crippen molar-refractivity contribution in [1.29, 1.82) is 0 Å². The number of hydrogen-bond acceptors (Lipinski definition) is 2. The number of benzene rings is 19. The highest BCUT2D eigenvalue weighted by Gasteiger charge is 2.47. The average Bonchev–Trinajstić information content (AvgIpc) is 1.39. The van der Waals surface area contributed by atoms with Crippen molar-refractivity contribution in [2.45, 2.75) is 78.6 Å². The maximum atomic E-state index is 10.5. The molecule has 131 heavy (non-hydrogen) atoms. The Morgan fingerprint density at radius 2 is 0.489 bits per heavy atom. The summed E-state index contributed by atoms with van der Waals surface area (Å²) in [5, 5.41) is 2.81. The van der Waals surface area contributed by atoms with Gasteiger partial charge in [0, 0.05) is 77.9 Å². The minimum atomic E-state index is -0.543. The van der Waals surface area contributed by atoms with E-state index in [9.17, 15) is 8.22 Å². The van der Waals surface area contributed by atoms with E-state index in [4.69, 9.17) is 0 Å². The fourth-order valence-corrected chi connectivity index (χ4v) is 20.2. The minimum Gasteiger partial charge on any atom is -0.310 e. The highest BCUT2D eigenvalue weighted by molar-refractivity contribution is 7.00. The highest BCUT2D eigenvalue weighted by atomic mass is 15.2. The Hall–Kier alpha value is -15.6. The van der Waals surface area contributed by atoms with Gasteiger partial charge in [-0.05, 0) is 260 Å². The van der Waals surface area contributed by atoms with Gasteiger partial charge < -0.3 is 18.9 Å². The molecular formula is C126H99BN4. The van der Waals surface area contributed by atoms with Gasteiger partial charge in [-0.1, -0.05) is 378 Å². The number of rotatable bonds is 14. The largest absolute Gasteiger partial charge is 0.310 e. The van der Waals surface area contributed by atoms with Crippen LogP contribution in [0.25, 0.3) is 166 Å². The molecule has 0 unspecified atom stereocenters. The molecule has 0 saturated heterocycles. The van der Waals surface area contributed by atoms with Crippen LogP contribution in [0.1, 0.15) is 87.2 Å². The maximum absolute atomic E-state index is 10.5. The van der Waals surface area contributed by atoms with Crippen LogP contribution in [0.3, 0.4) is 0 Å². The summed E-state index contributed by atoms with van der Waals surface area (Å²) in [4.78, 5) is 5.23. The number of para-hydroxylation sites is 2. The van der Waals surface area contributed by atoms with E-state index in [1.165, 1.54) is 0 Å². The molecule has 0 N–H and O–H groups in total. The molecule has 19 aromatic carbocycles. The lowest BCUT2D eigenvalue weighted by Crippen LogP contribution is -2.61. The van der Waals surface area contributed by atoms with Gasteiger partial charge in [0.1, 0.15) is 0 Å². The van der Waals surface area contributed by atoms with Crippen LogP contribution in [-0.2, 0) is 16.2 Å². The van der Waals surface area contributed by atoms with Crippen LogP contribution in [0.5, 0.6) is 0 Å². The number of aromatic nitrogens is 2. The lowest BCUT2D eigenvalue weighted by molar-refractivity contribution is 0.590. The van der Waals surface area contributed by atoms with Gasteiger partial charge >= 0.3 is 0 Å². The predicted molar refractivity (Wildman–Crippen MR) is 560 cm³/mol. The van der Waals surface area contributed by atoms with Crippen LogP contribution < -0.4 is 26.2 Å². The van der Waals surface area contributed by atoms with Crippen molar-refractivity contribution in [2.24, 2.45) is 0 Å².